The Labute approximate surface area is 110 Å². The van der Waals surface area contributed by atoms with Crippen LogP contribution in [0.2, 0.25) is 0 Å². The zero-order chi connectivity index (χ0) is 12.7. The number of rotatable bonds is 6. The molecule has 0 fully saturated rings. The lowest BCUT2D eigenvalue weighted by Gasteiger charge is -2.11. The van der Waals surface area contributed by atoms with Crippen LogP contribution in [0, 0.1) is 0 Å². The number of carbonyl (C=O) groups excluding carboxylic acids is 1. The number of hydrogen-bond acceptors (Lipinski definition) is 3. The van der Waals surface area contributed by atoms with Crippen molar-refractivity contribution in [3.63, 3.8) is 0 Å². The smallest absolute Gasteiger partial charge is 0.323 e. The lowest BCUT2D eigenvalue weighted by molar-refractivity contribution is -0.146. The maximum absolute atomic E-state index is 11.5. The van der Waals surface area contributed by atoms with Crippen molar-refractivity contribution in [3.8, 4) is 0 Å². The number of unbranched alkanes of at least 4 members (excludes halogenated alkanes) is 1. The van der Waals surface area contributed by atoms with E-state index >= 15 is 0 Å². The summed E-state index contributed by atoms with van der Waals surface area (Å²) >= 11 is 3.37. The summed E-state index contributed by atoms with van der Waals surface area (Å²) < 4.78 is 6.13. The summed E-state index contributed by atoms with van der Waals surface area (Å²) in [5.74, 6) is -0.321. The molecule has 2 N–H and O–H groups in total. The first-order valence-corrected chi connectivity index (χ1v) is 6.59. The topological polar surface area (TPSA) is 52.3 Å². The van der Waals surface area contributed by atoms with E-state index in [4.69, 9.17) is 10.5 Å². The summed E-state index contributed by atoms with van der Waals surface area (Å²) in [6, 6.07) is 7.17. The van der Waals surface area contributed by atoms with Crippen molar-refractivity contribution in [2.45, 2.75) is 38.8 Å². The Bertz CT molecular complexity index is 368. The van der Waals surface area contributed by atoms with Crippen LogP contribution in [0.3, 0.4) is 0 Å². The molecule has 3 nitrogen and oxygen atoms in total. The van der Waals surface area contributed by atoms with E-state index in [-0.39, 0.29) is 12.6 Å². The van der Waals surface area contributed by atoms with Crippen molar-refractivity contribution < 1.29 is 9.53 Å². The van der Waals surface area contributed by atoms with Gasteiger partial charge in [0.2, 0.25) is 0 Å². The van der Waals surface area contributed by atoms with Gasteiger partial charge in [-0.1, -0.05) is 47.8 Å². The average Bonchev–Trinajstić information content (AvgIpc) is 2.33. The van der Waals surface area contributed by atoms with E-state index in [2.05, 4.69) is 22.9 Å². The molecule has 1 atom stereocenters. The van der Waals surface area contributed by atoms with Gasteiger partial charge in [0.05, 0.1) is 0 Å². The van der Waals surface area contributed by atoms with Crippen LogP contribution in [0.25, 0.3) is 0 Å². The van der Waals surface area contributed by atoms with Crippen LogP contribution >= 0.6 is 15.9 Å². The highest BCUT2D eigenvalue weighted by Crippen LogP contribution is 2.12. The third-order valence-corrected chi connectivity index (χ3v) is 2.93. The molecule has 1 aromatic carbocycles. The van der Waals surface area contributed by atoms with Gasteiger partial charge in [0, 0.05) is 4.47 Å². The zero-order valence-electron chi connectivity index (χ0n) is 9.99. The van der Waals surface area contributed by atoms with Crippen LogP contribution in [0.1, 0.15) is 31.7 Å². The van der Waals surface area contributed by atoms with Gasteiger partial charge in [-0.3, -0.25) is 4.79 Å². The van der Waals surface area contributed by atoms with Gasteiger partial charge >= 0.3 is 5.97 Å². The fourth-order valence-electron chi connectivity index (χ4n) is 1.43. The van der Waals surface area contributed by atoms with Crippen molar-refractivity contribution in [1.82, 2.24) is 0 Å². The molecule has 0 aromatic heterocycles. The Balaban J connectivity index is 2.37. The largest absolute Gasteiger partial charge is 0.460 e. The van der Waals surface area contributed by atoms with Crippen LogP contribution in [0.4, 0.5) is 0 Å². The maximum atomic E-state index is 11.5. The van der Waals surface area contributed by atoms with Crippen LogP contribution in [0.15, 0.2) is 28.7 Å². The van der Waals surface area contributed by atoms with E-state index in [1.165, 1.54) is 0 Å². The van der Waals surface area contributed by atoms with Crippen LogP contribution in [-0.2, 0) is 16.1 Å². The minimum atomic E-state index is -0.498. The summed E-state index contributed by atoms with van der Waals surface area (Å²) in [6.45, 7) is 2.34. The van der Waals surface area contributed by atoms with Crippen LogP contribution < -0.4 is 5.73 Å². The third-order valence-electron chi connectivity index (χ3n) is 2.44. The first-order chi connectivity index (χ1) is 8.13. The Morgan fingerprint density at radius 2 is 2.29 bits per heavy atom. The van der Waals surface area contributed by atoms with E-state index < -0.39 is 6.04 Å². The highest BCUT2D eigenvalue weighted by molar-refractivity contribution is 9.10. The predicted octanol–water partition coefficient (Wildman–Crippen LogP) is 3.01. The maximum Gasteiger partial charge on any atom is 0.323 e. The Hall–Kier alpha value is -0.870. The van der Waals surface area contributed by atoms with Gasteiger partial charge in [-0.25, -0.2) is 0 Å². The summed E-state index contributed by atoms with van der Waals surface area (Å²) in [5, 5.41) is 0. The molecule has 0 aliphatic carbocycles. The molecule has 0 radical (unpaired) electrons. The van der Waals surface area contributed by atoms with Gasteiger partial charge in [0.25, 0.3) is 0 Å². The SMILES string of the molecule is CCCC[C@H](N)C(=O)OCc1cccc(Br)c1. The molecule has 0 bridgehead atoms. The molecule has 17 heavy (non-hydrogen) atoms. The number of hydrogen-bond donors (Lipinski definition) is 1. The van der Waals surface area contributed by atoms with E-state index in [9.17, 15) is 4.79 Å². The molecular formula is C13H18BrNO2. The van der Waals surface area contributed by atoms with Gasteiger partial charge < -0.3 is 10.5 Å². The predicted molar refractivity (Wildman–Crippen MR) is 71.4 cm³/mol. The first kappa shape index (κ1) is 14.2. The fourth-order valence-corrected chi connectivity index (χ4v) is 1.88. The van der Waals surface area contributed by atoms with E-state index in [0.717, 1.165) is 22.9 Å². The number of ether oxygens (including phenoxy) is 1. The molecule has 0 unspecified atom stereocenters. The lowest BCUT2D eigenvalue weighted by atomic mass is 10.1. The monoisotopic (exact) mass is 299 g/mol. The first-order valence-electron chi connectivity index (χ1n) is 5.80. The van der Waals surface area contributed by atoms with Gasteiger partial charge in [0.15, 0.2) is 0 Å². The highest BCUT2D eigenvalue weighted by atomic mass is 79.9. The molecular weight excluding hydrogens is 282 g/mol. The van der Waals surface area contributed by atoms with E-state index in [1.54, 1.807) is 0 Å². The number of carbonyl (C=O) groups is 1. The molecule has 1 aromatic rings. The standard InChI is InChI=1S/C13H18BrNO2/c1-2-3-7-12(15)13(16)17-9-10-5-4-6-11(14)8-10/h4-6,8,12H,2-3,7,9,15H2,1H3/t12-/m0/s1. The van der Waals surface area contributed by atoms with Crippen molar-refractivity contribution in [2.24, 2.45) is 5.73 Å². The molecule has 0 heterocycles. The summed E-state index contributed by atoms with van der Waals surface area (Å²) in [7, 11) is 0. The molecule has 0 aliphatic heterocycles. The lowest BCUT2D eigenvalue weighted by Crippen LogP contribution is -2.32. The zero-order valence-corrected chi connectivity index (χ0v) is 11.6. The minimum Gasteiger partial charge on any atom is -0.460 e. The fraction of sp³-hybridized carbons (Fsp3) is 0.462. The molecule has 0 saturated heterocycles. The van der Waals surface area contributed by atoms with E-state index in [1.807, 2.05) is 24.3 Å². The summed E-state index contributed by atoms with van der Waals surface area (Å²) in [5.41, 5.74) is 6.67. The van der Waals surface area contributed by atoms with Crippen molar-refractivity contribution >= 4 is 21.9 Å². The average molecular weight is 300 g/mol. The van der Waals surface area contributed by atoms with E-state index in [0.29, 0.717) is 6.42 Å². The van der Waals surface area contributed by atoms with Gasteiger partial charge in [-0.2, -0.15) is 0 Å². The molecule has 4 heteroatoms. The van der Waals surface area contributed by atoms with Crippen LogP contribution in [-0.4, -0.2) is 12.0 Å². The van der Waals surface area contributed by atoms with Gasteiger partial charge in [-0.05, 0) is 24.1 Å². The molecule has 0 amide bonds. The second-order valence-corrected chi connectivity index (χ2v) is 4.90. The van der Waals surface area contributed by atoms with Crippen molar-refractivity contribution in [1.29, 1.82) is 0 Å². The minimum absolute atomic E-state index is 0.276. The molecule has 0 saturated carbocycles. The van der Waals surface area contributed by atoms with Crippen molar-refractivity contribution in [2.75, 3.05) is 0 Å². The van der Waals surface area contributed by atoms with Crippen LogP contribution in [0.5, 0.6) is 0 Å². The molecule has 94 valence electrons. The second-order valence-electron chi connectivity index (χ2n) is 3.99. The number of esters is 1. The highest BCUT2D eigenvalue weighted by Gasteiger charge is 2.14. The Morgan fingerprint density at radius 1 is 1.53 bits per heavy atom. The number of halogens is 1. The number of nitrogens with two attached hydrogens (primary N) is 1. The second kappa shape index (κ2) is 7.45. The summed E-state index contributed by atoms with van der Waals surface area (Å²) in [6.07, 6.45) is 2.67. The quantitative estimate of drug-likeness (QED) is 0.822. The van der Waals surface area contributed by atoms with Crippen molar-refractivity contribution in [3.05, 3.63) is 34.3 Å². The van der Waals surface area contributed by atoms with Gasteiger partial charge in [0.1, 0.15) is 12.6 Å². The molecule has 0 spiro atoms. The molecule has 1 rings (SSSR count). The normalized spacial score (nSPS) is 12.2. The Morgan fingerprint density at radius 3 is 2.94 bits per heavy atom. The number of benzene rings is 1. The Kier molecular flexibility index (Phi) is 6.22. The summed E-state index contributed by atoms with van der Waals surface area (Å²) in [4.78, 5) is 11.5. The van der Waals surface area contributed by atoms with Gasteiger partial charge in [-0.15, -0.1) is 0 Å². The third kappa shape index (κ3) is 5.33. The molecule has 0 aliphatic rings.